The number of hydrogen-bond acceptors (Lipinski definition) is 5. The summed E-state index contributed by atoms with van der Waals surface area (Å²) in [5, 5.41) is 0.626. The smallest absolute Gasteiger partial charge is 0.326 e. The van der Waals surface area contributed by atoms with Crippen LogP contribution in [0.25, 0.3) is 6.08 Å². The zero-order valence-corrected chi connectivity index (χ0v) is 14.4. The molecular weight excluding hydrogens is 342 g/mol. The van der Waals surface area contributed by atoms with Crippen molar-refractivity contribution in [3.63, 3.8) is 0 Å². The SMILES string of the molecule is CC(C)OC(=O)CN1C(=O)C(=Cc2ccc(Cl)cc2)SC1=S. The van der Waals surface area contributed by atoms with Crippen molar-refractivity contribution in [2.24, 2.45) is 0 Å². The molecule has 4 nitrogen and oxygen atoms in total. The van der Waals surface area contributed by atoms with Gasteiger partial charge in [0, 0.05) is 5.02 Å². The van der Waals surface area contributed by atoms with Crippen molar-refractivity contribution >= 4 is 57.9 Å². The van der Waals surface area contributed by atoms with Gasteiger partial charge in [0.15, 0.2) is 0 Å². The van der Waals surface area contributed by atoms with Crippen LogP contribution in [0.1, 0.15) is 19.4 Å². The van der Waals surface area contributed by atoms with Crippen molar-refractivity contribution in [1.82, 2.24) is 4.90 Å². The Morgan fingerprint density at radius 2 is 2.05 bits per heavy atom. The minimum atomic E-state index is -0.473. The predicted molar refractivity (Wildman–Crippen MR) is 92.6 cm³/mol. The molecule has 1 aromatic rings. The first-order valence-corrected chi connectivity index (χ1v) is 8.17. The number of carbonyl (C=O) groups excluding carboxylic acids is 2. The Labute approximate surface area is 143 Å². The summed E-state index contributed by atoms with van der Waals surface area (Å²) in [7, 11) is 0. The van der Waals surface area contributed by atoms with Crippen molar-refractivity contribution in [2.45, 2.75) is 20.0 Å². The predicted octanol–water partition coefficient (Wildman–Crippen LogP) is 3.49. The van der Waals surface area contributed by atoms with E-state index in [2.05, 4.69) is 0 Å². The lowest BCUT2D eigenvalue weighted by molar-refractivity contribution is -0.149. The highest BCUT2D eigenvalue weighted by atomic mass is 35.5. The van der Waals surface area contributed by atoms with Crippen molar-refractivity contribution in [3.05, 3.63) is 39.8 Å². The van der Waals surface area contributed by atoms with Crippen LogP contribution in [-0.4, -0.2) is 33.7 Å². The van der Waals surface area contributed by atoms with E-state index in [4.69, 9.17) is 28.6 Å². The molecular formula is C15H14ClNO3S2. The minimum absolute atomic E-state index is 0.166. The average molecular weight is 356 g/mol. The third kappa shape index (κ3) is 4.32. The second-order valence-electron chi connectivity index (χ2n) is 4.86. The fourth-order valence-electron chi connectivity index (χ4n) is 1.78. The first-order chi connectivity index (χ1) is 10.4. The fourth-order valence-corrected chi connectivity index (χ4v) is 3.16. The number of ether oxygens (including phenoxy) is 1. The van der Waals surface area contributed by atoms with E-state index in [9.17, 15) is 9.59 Å². The summed E-state index contributed by atoms with van der Waals surface area (Å²) in [4.78, 5) is 25.7. The normalized spacial score (nSPS) is 16.7. The number of hydrogen-bond donors (Lipinski definition) is 0. The number of thiocarbonyl (C=S) groups is 1. The topological polar surface area (TPSA) is 46.6 Å². The van der Waals surface area contributed by atoms with E-state index < -0.39 is 5.97 Å². The Balaban J connectivity index is 2.11. The lowest BCUT2D eigenvalue weighted by atomic mass is 10.2. The lowest BCUT2D eigenvalue weighted by Gasteiger charge is -2.14. The van der Waals surface area contributed by atoms with Gasteiger partial charge in [0.2, 0.25) is 0 Å². The van der Waals surface area contributed by atoms with E-state index in [0.29, 0.717) is 14.2 Å². The molecule has 0 N–H and O–H groups in total. The monoisotopic (exact) mass is 355 g/mol. The molecule has 1 aliphatic heterocycles. The molecule has 0 radical (unpaired) electrons. The summed E-state index contributed by atoms with van der Waals surface area (Å²) in [6.45, 7) is 3.34. The van der Waals surface area contributed by atoms with Crippen LogP contribution in [0.15, 0.2) is 29.2 Å². The molecule has 1 saturated heterocycles. The van der Waals surface area contributed by atoms with Gasteiger partial charge in [-0.2, -0.15) is 0 Å². The van der Waals surface area contributed by atoms with Crippen LogP contribution < -0.4 is 0 Å². The van der Waals surface area contributed by atoms with Gasteiger partial charge in [-0.25, -0.2) is 0 Å². The zero-order valence-electron chi connectivity index (χ0n) is 12.0. The van der Waals surface area contributed by atoms with E-state index in [1.54, 1.807) is 32.1 Å². The molecule has 22 heavy (non-hydrogen) atoms. The number of nitrogens with zero attached hydrogens (tertiary/aromatic N) is 1. The summed E-state index contributed by atoms with van der Waals surface area (Å²) in [6, 6.07) is 7.10. The number of carbonyl (C=O) groups is 2. The van der Waals surface area contributed by atoms with Gasteiger partial charge >= 0.3 is 5.97 Å². The van der Waals surface area contributed by atoms with Gasteiger partial charge < -0.3 is 4.74 Å². The van der Waals surface area contributed by atoms with Gasteiger partial charge in [-0.05, 0) is 37.6 Å². The van der Waals surface area contributed by atoms with Crippen molar-refractivity contribution in [3.8, 4) is 0 Å². The van der Waals surface area contributed by atoms with Gasteiger partial charge in [-0.1, -0.05) is 47.7 Å². The number of thioether (sulfide) groups is 1. The summed E-state index contributed by atoms with van der Waals surface area (Å²) < 4.78 is 5.39. The molecule has 1 fully saturated rings. The van der Waals surface area contributed by atoms with Crippen LogP contribution in [-0.2, 0) is 14.3 Å². The third-order valence-electron chi connectivity index (χ3n) is 2.70. The molecule has 1 aliphatic rings. The van der Waals surface area contributed by atoms with Crippen LogP contribution in [0.3, 0.4) is 0 Å². The number of rotatable bonds is 4. The lowest BCUT2D eigenvalue weighted by Crippen LogP contribution is -2.35. The number of esters is 1. The van der Waals surface area contributed by atoms with Gasteiger partial charge in [0.25, 0.3) is 5.91 Å². The molecule has 1 amide bonds. The first-order valence-electron chi connectivity index (χ1n) is 6.57. The highest BCUT2D eigenvalue weighted by molar-refractivity contribution is 8.26. The maximum absolute atomic E-state index is 12.3. The molecule has 0 spiro atoms. The fraction of sp³-hybridized carbons (Fsp3) is 0.267. The maximum atomic E-state index is 12.3. The van der Waals surface area contributed by atoms with Crippen LogP contribution >= 0.6 is 35.6 Å². The first kappa shape index (κ1) is 17.0. The van der Waals surface area contributed by atoms with Crippen LogP contribution in [0, 0.1) is 0 Å². The number of benzene rings is 1. The Morgan fingerprint density at radius 1 is 1.41 bits per heavy atom. The standard InChI is InChI=1S/C15H14ClNO3S2/c1-9(2)20-13(18)8-17-14(19)12(22-15(17)21)7-10-3-5-11(16)6-4-10/h3-7,9H,8H2,1-2H3. The molecule has 0 atom stereocenters. The minimum Gasteiger partial charge on any atom is -0.462 e. The zero-order chi connectivity index (χ0) is 16.3. The van der Waals surface area contributed by atoms with E-state index in [1.807, 2.05) is 12.1 Å². The largest absolute Gasteiger partial charge is 0.462 e. The molecule has 1 heterocycles. The summed E-state index contributed by atoms with van der Waals surface area (Å²) in [6.07, 6.45) is 1.50. The summed E-state index contributed by atoms with van der Waals surface area (Å²) in [5.74, 6) is -0.760. The highest BCUT2D eigenvalue weighted by Crippen LogP contribution is 2.32. The van der Waals surface area contributed by atoms with Gasteiger partial charge in [-0.15, -0.1) is 0 Å². The Morgan fingerprint density at radius 3 is 2.64 bits per heavy atom. The molecule has 7 heteroatoms. The molecule has 0 saturated carbocycles. The van der Waals surface area contributed by atoms with Crippen molar-refractivity contribution < 1.29 is 14.3 Å². The molecule has 0 unspecified atom stereocenters. The van der Waals surface area contributed by atoms with E-state index in [0.717, 1.165) is 5.56 Å². The van der Waals surface area contributed by atoms with Crippen LogP contribution in [0.2, 0.25) is 5.02 Å². The van der Waals surface area contributed by atoms with E-state index in [-0.39, 0.29) is 18.6 Å². The highest BCUT2D eigenvalue weighted by Gasteiger charge is 2.33. The number of halogens is 1. The van der Waals surface area contributed by atoms with Crippen molar-refractivity contribution in [1.29, 1.82) is 0 Å². The van der Waals surface area contributed by atoms with Gasteiger partial charge in [0.05, 0.1) is 11.0 Å². The van der Waals surface area contributed by atoms with Gasteiger partial charge in [-0.3, -0.25) is 14.5 Å². The molecule has 0 aromatic heterocycles. The quantitative estimate of drug-likeness (QED) is 0.470. The summed E-state index contributed by atoms with van der Waals surface area (Å²) >= 11 is 12.2. The molecule has 0 bridgehead atoms. The van der Waals surface area contributed by atoms with E-state index in [1.165, 1.54) is 16.7 Å². The number of amides is 1. The van der Waals surface area contributed by atoms with Crippen molar-refractivity contribution in [2.75, 3.05) is 6.54 Å². The summed E-state index contributed by atoms with van der Waals surface area (Å²) in [5.41, 5.74) is 0.842. The molecule has 0 aliphatic carbocycles. The molecule has 116 valence electrons. The second-order valence-corrected chi connectivity index (χ2v) is 6.97. The Bertz CT molecular complexity index is 641. The Kier molecular flexibility index (Phi) is 5.61. The van der Waals surface area contributed by atoms with Crippen LogP contribution in [0.4, 0.5) is 0 Å². The maximum Gasteiger partial charge on any atom is 0.326 e. The second kappa shape index (κ2) is 7.26. The molecule has 2 rings (SSSR count). The molecule has 1 aromatic carbocycles. The third-order valence-corrected chi connectivity index (χ3v) is 4.33. The van der Waals surface area contributed by atoms with Crippen LogP contribution in [0.5, 0.6) is 0 Å². The Hall–Kier alpha value is -1.37. The van der Waals surface area contributed by atoms with Gasteiger partial charge in [0.1, 0.15) is 10.9 Å². The van der Waals surface area contributed by atoms with E-state index >= 15 is 0 Å². The average Bonchev–Trinajstić information content (AvgIpc) is 2.68.